The van der Waals surface area contributed by atoms with Crippen LogP contribution in [0.2, 0.25) is 5.02 Å². The second-order valence-corrected chi connectivity index (χ2v) is 8.95. The molecular weight excluding hydrogens is 503 g/mol. The fourth-order valence-electron chi connectivity index (χ4n) is 3.26. The van der Waals surface area contributed by atoms with Gasteiger partial charge in [0.1, 0.15) is 5.75 Å². The molecule has 0 amide bonds. The molecule has 1 aromatic heterocycles. The Balaban J connectivity index is 0.000000493. The van der Waals surface area contributed by atoms with Gasteiger partial charge in [-0.05, 0) is 69.1 Å². The summed E-state index contributed by atoms with van der Waals surface area (Å²) >= 11 is 6.39. The van der Waals surface area contributed by atoms with Crippen LogP contribution >= 0.6 is 11.6 Å². The standard InChI is InChI=1S/C20H23ClF3N3O.C4H6O4/c1-19(2,20(22,23)24)28-15-5-4-14(26-12-15)11-27-18-16-8-10-25-9-7-13(16)3-6-17(18)21;5-3(6)1-2-4(7)8/h3-6,12,25,27H,7-11H2,1-2H3;1-2H2,(H,5,6)(H,7,8). The van der Waals surface area contributed by atoms with E-state index in [1.54, 1.807) is 6.07 Å². The van der Waals surface area contributed by atoms with Gasteiger partial charge in [-0.15, -0.1) is 0 Å². The van der Waals surface area contributed by atoms with E-state index < -0.39 is 23.7 Å². The Hall–Kier alpha value is -3.05. The number of carboxylic acids is 2. The molecule has 0 saturated carbocycles. The molecule has 2 aromatic rings. The lowest BCUT2D eigenvalue weighted by molar-refractivity contribution is -0.234. The van der Waals surface area contributed by atoms with Crippen LogP contribution in [0.25, 0.3) is 0 Å². The molecule has 0 atom stereocenters. The molecule has 8 nitrogen and oxygen atoms in total. The molecule has 198 valence electrons. The number of aliphatic carboxylic acids is 2. The summed E-state index contributed by atoms with van der Waals surface area (Å²) < 4.78 is 43.9. The van der Waals surface area contributed by atoms with E-state index in [1.807, 2.05) is 6.07 Å². The molecule has 3 rings (SSSR count). The number of halogens is 4. The van der Waals surface area contributed by atoms with Crippen molar-refractivity contribution in [2.75, 3.05) is 18.4 Å². The van der Waals surface area contributed by atoms with Crippen LogP contribution in [0.1, 0.15) is 43.5 Å². The van der Waals surface area contributed by atoms with Crippen molar-refractivity contribution in [2.24, 2.45) is 0 Å². The van der Waals surface area contributed by atoms with Gasteiger partial charge in [-0.2, -0.15) is 13.2 Å². The van der Waals surface area contributed by atoms with E-state index in [2.05, 4.69) is 21.7 Å². The molecule has 0 spiro atoms. The average Bonchev–Trinajstić information content (AvgIpc) is 3.03. The van der Waals surface area contributed by atoms with Crippen LogP contribution in [-0.2, 0) is 29.0 Å². The molecule has 12 heteroatoms. The minimum absolute atomic E-state index is 0.0729. The Labute approximate surface area is 211 Å². The van der Waals surface area contributed by atoms with Crippen molar-refractivity contribution >= 4 is 29.2 Å². The van der Waals surface area contributed by atoms with Gasteiger partial charge < -0.3 is 25.6 Å². The molecule has 0 fully saturated rings. The lowest BCUT2D eigenvalue weighted by Gasteiger charge is -2.28. The smallest absolute Gasteiger partial charge is 0.427 e. The van der Waals surface area contributed by atoms with Crippen LogP contribution < -0.4 is 15.4 Å². The minimum Gasteiger partial charge on any atom is -0.481 e. The SMILES string of the molecule is CC(C)(Oc1ccc(CNc2c(Cl)ccc3c2CCNCC3)nc1)C(F)(F)F.O=C(O)CCC(=O)O. The Morgan fingerprint density at radius 3 is 2.28 bits per heavy atom. The molecule has 0 radical (unpaired) electrons. The van der Waals surface area contributed by atoms with Gasteiger partial charge in [-0.1, -0.05) is 17.7 Å². The number of nitrogens with zero attached hydrogens (tertiary/aromatic N) is 1. The molecule has 1 aromatic carbocycles. The van der Waals surface area contributed by atoms with Crippen LogP contribution in [0.5, 0.6) is 5.75 Å². The summed E-state index contributed by atoms with van der Waals surface area (Å²) in [7, 11) is 0. The number of hydrogen-bond donors (Lipinski definition) is 4. The van der Waals surface area contributed by atoms with Crippen molar-refractivity contribution in [3.05, 3.63) is 52.3 Å². The quantitative estimate of drug-likeness (QED) is 0.387. The second-order valence-electron chi connectivity index (χ2n) is 8.55. The Morgan fingerprint density at radius 1 is 1.08 bits per heavy atom. The summed E-state index contributed by atoms with van der Waals surface area (Å²) in [5.41, 5.74) is 1.76. The van der Waals surface area contributed by atoms with Gasteiger partial charge in [0, 0.05) is 0 Å². The number of fused-ring (bicyclic) bond motifs is 1. The molecule has 2 heterocycles. The van der Waals surface area contributed by atoms with Gasteiger partial charge in [0.25, 0.3) is 0 Å². The van der Waals surface area contributed by atoms with Crippen LogP contribution in [0, 0.1) is 0 Å². The van der Waals surface area contributed by atoms with Crippen molar-refractivity contribution in [1.82, 2.24) is 10.3 Å². The summed E-state index contributed by atoms with van der Waals surface area (Å²) in [6.07, 6.45) is -1.93. The van der Waals surface area contributed by atoms with Gasteiger partial charge in [0.2, 0.25) is 0 Å². The number of nitrogens with one attached hydrogen (secondary N) is 2. The number of aromatic nitrogens is 1. The van der Waals surface area contributed by atoms with Crippen molar-refractivity contribution in [3.8, 4) is 5.75 Å². The monoisotopic (exact) mass is 531 g/mol. The highest BCUT2D eigenvalue weighted by Gasteiger charge is 2.49. The number of pyridine rings is 1. The Bertz CT molecular complexity index is 1030. The predicted molar refractivity (Wildman–Crippen MR) is 129 cm³/mol. The molecule has 1 aliphatic rings. The Kier molecular flexibility index (Phi) is 10.4. The van der Waals surface area contributed by atoms with E-state index in [4.69, 9.17) is 26.6 Å². The maximum atomic E-state index is 12.9. The number of ether oxygens (including phenoxy) is 1. The van der Waals surface area contributed by atoms with E-state index in [1.165, 1.54) is 23.4 Å². The van der Waals surface area contributed by atoms with E-state index in [-0.39, 0.29) is 18.6 Å². The summed E-state index contributed by atoms with van der Waals surface area (Å²) in [5.74, 6) is -2.08. The molecule has 0 aliphatic carbocycles. The van der Waals surface area contributed by atoms with E-state index in [0.29, 0.717) is 17.3 Å². The fraction of sp³-hybridized carbons (Fsp3) is 0.458. The van der Waals surface area contributed by atoms with Gasteiger partial charge in [-0.3, -0.25) is 14.6 Å². The first-order valence-electron chi connectivity index (χ1n) is 11.2. The fourth-order valence-corrected chi connectivity index (χ4v) is 3.50. The predicted octanol–water partition coefficient (Wildman–Crippen LogP) is 4.69. The van der Waals surface area contributed by atoms with E-state index >= 15 is 0 Å². The molecule has 36 heavy (non-hydrogen) atoms. The maximum Gasteiger partial charge on any atom is 0.427 e. The van der Waals surface area contributed by atoms with Gasteiger partial charge in [0.05, 0.1) is 42.0 Å². The number of rotatable bonds is 8. The van der Waals surface area contributed by atoms with Crippen molar-refractivity contribution in [3.63, 3.8) is 0 Å². The lowest BCUT2D eigenvalue weighted by Crippen LogP contribution is -2.44. The third-order valence-electron chi connectivity index (χ3n) is 5.33. The van der Waals surface area contributed by atoms with Crippen molar-refractivity contribution in [2.45, 2.75) is 57.9 Å². The molecule has 0 unspecified atom stereocenters. The number of alkyl halides is 3. The van der Waals surface area contributed by atoms with Crippen LogP contribution in [-0.4, -0.2) is 52.0 Å². The molecule has 4 N–H and O–H groups in total. The largest absolute Gasteiger partial charge is 0.481 e. The highest BCUT2D eigenvalue weighted by Crippen LogP contribution is 2.34. The summed E-state index contributed by atoms with van der Waals surface area (Å²) in [5, 5.41) is 23.2. The molecule has 0 saturated heterocycles. The first kappa shape index (κ1) is 29.2. The second kappa shape index (κ2) is 12.8. The van der Waals surface area contributed by atoms with Crippen LogP contribution in [0.3, 0.4) is 0 Å². The number of carboxylic acid groups (broad SMARTS) is 2. The van der Waals surface area contributed by atoms with Crippen LogP contribution in [0.4, 0.5) is 18.9 Å². The first-order chi connectivity index (χ1) is 16.8. The third-order valence-corrected chi connectivity index (χ3v) is 5.65. The van der Waals surface area contributed by atoms with E-state index in [0.717, 1.165) is 45.5 Å². The highest BCUT2D eigenvalue weighted by molar-refractivity contribution is 6.33. The zero-order valence-electron chi connectivity index (χ0n) is 19.9. The molecular formula is C24H29ClF3N3O5. The summed E-state index contributed by atoms with van der Waals surface area (Å²) in [6.45, 7) is 4.21. The summed E-state index contributed by atoms with van der Waals surface area (Å²) in [4.78, 5) is 23.5. The first-order valence-corrected chi connectivity index (χ1v) is 11.6. The zero-order chi connectivity index (χ0) is 26.9. The normalized spacial score (nSPS) is 13.5. The van der Waals surface area contributed by atoms with Crippen molar-refractivity contribution in [1.29, 1.82) is 0 Å². The number of carbonyl (C=O) groups is 2. The zero-order valence-corrected chi connectivity index (χ0v) is 20.7. The minimum atomic E-state index is -4.47. The van der Waals surface area contributed by atoms with Gasteiger partial charge in [-0.25, -0.2) is 0 Å². The van der Waals surface area contributed by atoms with Crippen molar-refractivity contribution < 1.29 is 37.7 Å². The highest BCUT2D eigenvalue weighted by atomic mass is 35.5. The number of anilines is 1. The maximum absolute atomic E-state index is 12.9. The Morgan fingerprint density at radius 2 is 1.72 bits per heavy atom. The lowest BCUT2D eigenvalue weighted by atomic mass is 10.0. The van der Waals surface area contributed by atoms with E-state index in [9.17, 15) is 22.8 Å². The number of hydrogen-bond acceptors (Lipinski definition) is 6. The topological polar surface area (TPSA) is 121 Å². The van der Waals surface area contributed by atoms with Crippen LogP contribution in [0.15, 0.2) is 30.5 Å². The van der Waals surface area contributed by atoms with Gasteiger partial charge >= 0.3 is 18.1 Å². The van der Waals surface area contributed by atoms with Gasteiger partial charge in [0.15, 0.2) is 5.60 Å². The molecule has 1 aliphatic heterocycles. The number of benzene rings is 1. The third kappa shape index (κ3) is 8.87. The average molecular weight is 532 g/mol. The molecule has 0 bridgehead atoms. The summed E-state index contributed by atoms with van der Waals surface area (Å²) in [6, 6.07) is 7.08.